The van der Waals surface area contributed by atoms with E-state index in [0.29, 0.717) is 24.9 Å². The summed E-state index contributed by atoms with van der Waals surface area (Å²) in [5.74, 6) is 0.835. The van der Waals surface area contributed by atoms with Crippen LogP contribution < -0.4 is 10.1 Å². The van der Waals surface area contributed by atoms with Gasteiger partial charge in [0.1, 0.15) is 6.61 Å². The molecule has 0 heterocycles. The quantitative estimate of drug-likeness (QED) is 0.663. The molecule has 110 valence electrons. The number of hydrogen-bond acceptors (Lipinski definition) is 2. The lowest BCUT2D eigenvalue weighted by Crippen LogP contribution is -2.47. The van der Waals surface area contributed by atoms with Crippen LogP contribution in [0.25, 0.3) is 0 Å². The summed E-state index contributed by atoms with van der Waals surface area (Å²) in [7, 11) is 3.73. The van der Waals surface area contributed by atoms with E-state index in [1.165, 1.54) is 25.3 Å². The number of halogens is 1. The largest absolute Gasteiger partial charge is 0.489 e. The van der Waals surface area contributed by atoms with Gasteiger partial charge < -0.3 is 15.0 Å². The molecule has 0 aliphatic heterocycles. The average Bonchev–Trinajstić information content (AvgIpc) is 2.40. The summed E-state index contributed by atoms with van der Waals surface area (Å²) in [6.45, 7) is 1.07. The summed E-state index contributed by atoms with van der Waals surface area (Å²) in [6, 6.07) is 6.99. The highest BCUT2D eigenvalue weighted by atomic mass is 19.1. The number of aliphatic imine (C=N–C) groups is 1. The van der Waals surface area contributed by atoms with Crippen molar-refractivity contribution in [1.82, 2.24) is 10.2 Å². The lowest BCUT2D eigenvalue weighted by atomic mass is 9.93. The molecular formula is C15H22FN3O. The molecule has 0 amide bonds. The summed E-state index contributed by atoms with van der Waals surface area (Å²) >= 11 is 0. The number of hydrogen-bond donors (Lipinski definition) is 1. The summed E-state index contributed by atoms with van der Waals surface area (Å²) in [4.78, 5) is 6.25. The van der Waals surface area contributed by atoms with Crippen molar-refractivity contribution in [3.05, 3.63) is 30.1 Å². The van der Waals surface area contributed by atoms with Crippen LogP contribution in [-0.4, -0.2) is 44.1 Å². The Morgan fingerprint density at radius 2 is 2.20 bits per heavy atom. The van der Waals surface area contributed by atoms with Gasteiger partial charge in [0.2, 0.25) is 0 Å². The highest BCUT2D eigenvalue weighted by molar-refractivity contribution is 5.80. The Bertz CT molecular complexity index is 460. The molecule has 4 nitrogen and oxygen atoms in total. The van der Waals surface area contributed by atoms with Crippen molar-refractivity contribution in [2.75, 3.05) is 27.2 Å². The predicted molar refractivity (Wildman–Crippen MR) is 78.7 cm³/mol. The molecule has 1 aliphatic rings. The van der Waals surface area contributed by atoms with Gasteiger partial charge in [0.15, 0.2) is 17.5 Å². The van der Waals surface area contributed by atoms with Crippen LogP contribution in [0.5, 0.6) is 5.75 Å². The fourth-order valence-electron chi connectivity index (χ4n) is 2.04. The second-order valence-electron chi connectivity index (χ2n) is 5.02. The first-order valence-electron chi connectivity index (χ1n) is 7.02. The van der Waals surface area contributed by atoms with E-state index >= 15 is 0 Å². The third-order valence-electron chi connectivity index (χ3n) is 3.53. The molecule has 0 atom stereocenters. The van der Waals surface area contributed by atoms with E-state index in [0.717, 1.165) is 5.96 Å². The molecule has 1 aromatic rings. The van der Waals surface area contributed by atoms with Crippen molar-refractivity contribution < 1.29 is 9.13 Å². The zero-order chi connectivity index (χ0) is 14.4. The average molecular weight is 279 g/mol. The molecule has 0 saturated heterocycles. The Balaban J connectivity index is 1.76. The maximum atomic E-state index is 13.4. The third-order valence-corrected chi connectivity index (χ3v) is 3.53. The molecular weight excluding hydrogens is 257 g/mol. The molecule has 1 aliphatic carbocycles. The van der Waals surface area contributed by atoms with E-state index < -0.39 is 0 Å². The first kappa shape index (κ1) is 14.6. The van der Waals surface area contributed by atoms with E-state index in [-0.39, 0.29) is 5.82 Å². The van der Waals surface area contributed by atoms with Gasteiger partial charge >= 0.3 is 0 Å². The zero-order valence-electron chi connectivity index (χ0n) is 12.1. The van der Waals surface area contributed by atoms with Crippen LogP contribution in [0.3, 0.4) is 0 Å². The fraction of sp³-hybridized carbons (Fsp3) is 0.533. The smallest absolute Gasteiger partial charge is 0.193 e. The van der Waals surface area contributed by atoms with Gasteiger partial charge in [-0.1, -0.05) is 12.1 Å². The molecule has 5 heteroatoms. The minimum atomic E-state index is -0.327. The normalized spacial score (nSPS) is 15.7. The molecule has 20 heavy (non-hydrogen) atoms. The minimum Gasteiger partial charge on any atom is -0.489 e. The van der Waals surface area contributed by atoms with Gasteiger partial charge in [-0.2, -0.15) is 0 Å². The number of para-hydroxylation sites is 1. The van der Waals surface area contributed by atoms with Crippen LogP contribution in [0.1, 0.15) is 19.3 Å². The molecule has 0 unspecified atom stereocenters. The molecule has 0 aromatic heterocycles. The van der Waals surface area contributed by atoms with E-state index in [2.05, 4.69) is 10.3 Å². The van der Waals surface area contributed by atoms with Gasteiger partial charge in [-0.25, -0.2) is 4.39 Å². The Morgan fingerprint density at radius 1 is 1.45 bits per heavy atom. The Hall–Kier alpha value is -1.78. The fourth-order valence-corrected chi connectivity index (χ4v) is 2.04. The van der Waals surface area contributed by atoms with E-state index in [1.807, 2.05) is 11.9 Å². The second kappa shape index (κ2) is 7.12. The highest BCUT2D eigenvalue weighted by Crippen LogP contribution is 2.18. The van der Waals surface area contributed by atoms with Crippen LogP contribution in [0.4, 0.5) is 4.39 Å². The number of nitrogens with zero attached hydrogens (tertiary/aromatic N) is 2. The van der Waals surface area contributed by atoms with Crippen LogP contribution in [-0.2, 0) is 0 Å². The zero-order valence-corrected chi connectivity index (χ0v) is 12.1. The maximum absolute atomic E-state index is 13.4. The summed E-state index contributed by atoms with van der Waals surface area (Å²) < 4.78 is 18.8. The second-order valence-corrected chi connectivity index (χ2v) is 5.02. The number of nitrogens with one attached hydrogen (secondary N) is 1. The van der Waals surface area contributed by atoms with E-state index in [4.69, 9.17) is 4.74 Å². The SMILES string of the molecule is CN=C(NC1CCC1)N(C)CCOc1ccccc1F. The number of ether oxygens (including phenoxy) is 1. The number of rotatable bonds is 5. The summed E-state index contributed by atoms with van der Waals surface area (Å²) in [6.07, 6.45) is 3.70. The molecule has 2 rings (SSSR count). The number of guanidine groups is 1. The van der Waals surface area contributed by atoms with Crippen LogP contribution in [0, 0.1) is 5.82 Å². The van der Waals surface area contributed by atoms with E-state index in [1.54, 1.807) is 25.2 Å². The summed E-state index contributed by atoms with van der Waals surface area (Å²) in [5.41, 5.74) is 0. The van der Waals surface area contributed by atoms with Gasteiger partial charge in [0, 0.05) is 20.1 Å². The molecule has 1 saturated carbocycles. The van der Waals surface area contributed by atoms with Gasteiger partial charge in [0.05, 0.1) is 6.54 Å². The van der Waals surface area contributed by atoms with Gasteiger partial charge in [-0.15, -0.1) is 0 Å². The molecule has 0 radical (unpaired) electrons. The molecule has 0 spiro atoms. The highest BCUT2D eigenvalue weighted by Gasteiger charge is 2.19. The van der Waals surface area contributed by atoms with Crippen molar-refractivity contribution in [3.63, 3.8) is 0 Å². The Kier molecular flexibility index (Phi) is 5.21. The van der Waals surface area contributed by atoms with E-state index in [9.17, 15) is 4.39 Å². The lowest BCUT2D eigenvalue weighted by Gasteiger charge is -2.31. The molecule has 1 N–H and O–H groups in total. The minimum absolute atomic E-state index is 0.294. The maximum Gasteiger partial charge on any atom is 0.193 e. The van der Waals surface area contributed by atoms with Crippen LogP contribution in [0.15, 0.2) is 29.3 Å². The van der Waals surface area contributed by atoms with Crippen molar-refractivity contribution in [2.45, 2.75) is 25.3 Å². The molecule has 1 aromatic carbocycles. The first-order valence-corrected chi connectivity index (χ1v) is 7.02. The van der Waals surface area contributed by atoms with Crippen LogP contribution >= 0.6 is 0 Å². The monoisotopic (exact) mass is 279 g/mol. The third kappa shape index (κ3) is 3.85. The standard InChI is InChI=1S/C15H22FN3O/c1-17-15(18-12-6-5-7-12)19(2)10-11-20-14-9-4-3-8-13(14)16/h3-4,8-9,12H,5-7,10-11H2,1-2H3,(H,17,18). The van der Waals surface area contributed by atoms with Crippen molar-refractivity contribution in [3.8, 4) is 5.75 Å². The summed E-state index contributed by atoms with van der Waals surface area (Å²) in [5, 5.41) is 3.41. The topological polar surface area (TPSA) is 36.9 Å². The van der Waals surface area contributed by atoms with Gasteiger partial charge in [-0.3, -0.25) is 4.99 Å². The molecule has 0 bridgehead atoms. The number of benzene rings is 1. The van der Waals surface area contributed by atoms with Crippen molar-refractivity contribution in [1.29, 1.82) is 0 Å². The van der Waals surface area contributed by atoms with Crippen LogP contribution in [0.2, 0.25) is 0 Å². The Morgan fingerprint density at radius 3 is 2.80 bits per heavy atom. The Labute approximate surface area is 119 Å². The van der Waals surface area contributed by atoms with Crippen molar-refractivity contribution in [2.24, 2.45) is 4.99 Å². The van der Waals surface area contributed by atoms with Gasteiger partial charge in [0.25, 0.3) is 0 Å². The molecule has 1 fully saturated rings. The predicted octanol–water partition coefficient (Wildman–Crippen LogP) is 2.26. The lowest BCUT2D eigenvalue weighted by molar-refractivity contribution is 0.266. The first-order chi connectivity index (χ1) is 9.70. The van der Waals surface area contributed by atoms with Gasteiger partial charge in [-0.05, 0) is 31.4 Å². The number of likely N-dealkylation sites (N-methyl/N-ethyl adjacent to an activating group) is 1. The van der Waals surface area contributed by atoms with Crippen molar-refractivity contribution >= 4 is 5.96 Å².